The summed E-state index contributed by atoms with van der Waals surface area (Å²) in [6.07, 6.45) is 2.57. The molecule has 1 saturated heterocycles. The molecule has 0 aromatic heterocycles. The maximum atomic E-state index is 12.3. The van der Waals surface area contributed by atoms with Gasteiger partial charge in [-0.15, -0.1) is 0 Å². The molecule has 0 aliphatic carbocycles. The highest BCUT2D eigenvalue weighted by Gasteiger charge is 2.17. The van der Waals surface area contributed by atoms with Crippen molar-refractivity contribution >= 4 is 23.2 Å². The Labute approximate surface area is 179 Å². The summed E-state index contributed by atoms with van der Waals surface area (Å²) < 4.78 is 5.65. The van der Waals surface area contributed by atoms with Gasteiger partial charge in [-0.2, -0.15) is 0 Å². The fourth-order valence-corrected chi connectivity index (χ4v) is 4.01. The van der Waals surface area contributed by atoms with Gasteiger partial charge in [-0.3, -0.25) is 4.79 Å². The van der Waals surface area contributed by atoms with Gasteiger partial charge >= 0.3 is 0 Å². The minimum atomic E-state index is -0.142. The van der Waals surface area contributed by atoms with Crippen LogP contribution in [0.3, 0.4) is 0 Å². The number of carbonyl (C=O) groups excluding carboxylic acids is 1. The van der Waals surface area contributed by atoms with E-state index in [1.54, 1.807) is 0 Å². The Morgan fingerprint density at radius 1 is 1.24 bits per heavy atom. The molecule has 29 heavy (non-hydrogen) atoms. The SMILES string of the molecule is Cc1cc(OCC(=O)N[C@H](C)c2ccc(N3CCC[C@H](C)C3)cc2)cc(C)c1Cl. The van der Waals surface area contributed by atoms with Crippen LogP contribution in [0, 0.1) is 19.8 Å². The molecule has 2 aromatic rings. The van der Waals surface area contributed by atoms with Crippen molar-refractivity contribution in [2.75, 3.05) is 24.6 Å². The fraction of sp³-hybridized carbons (Fsp3) is 0.458. The average Bonchev–Trinajstić information content (AvgIpc) is 2.70. The largest absolute Gasteiger partial charge is 0.484 e. The topological polar surface area (TPSA) is 41.6 Å². The molecule has 1 N–H and O–H groups in total. The zero-order valence-electron chi connectivity index (χ0n) is 17.8. The summed E-state index contributed by atoms with van der Waals surface area (Å²) in [6.45, 7) is 10.4. The molecule has 4 nitrogen and oxygen atoms in total. The van der Waals surface area contributed by atoms with Crippen LogP contribution in [0.1, 0.15) is 49.4 Å². The van der Waals surface area contributed by atoms with Crippen molar-refractivity contribution in [2.24, 2.45) is 5.92 Å². The molecule has 156 valence electrons. The Balaban J connectivity index is 1.53. The van der Waals surface area contributed by atoms with Crippen LogP contribution in [-0.4, -0.2) is 25.6 Å². The van der Waals surface area contributed by atoms with Crippen molar-refractivity contribution in [3.05, 3.63) is 58.1 Å². The molecule has 5 heteroatoms. The van der Waals surface area contributed by atoms with Crippen LogP contribution in [0.2, 0.25) is 5.02 Å². The zero-order valence-corrected chi connectivity index (χ0v) is 18.6. The molecule has 0 spiro atoms. The van der Waals surface area contributed by atoms with Crippen LogP contribution in [0.4, 0.5) is 5.69 Å². The summed E-state index contributed by atoms with van der Waals surface area (Å²) in [7, 11) is 0. The quantitative estimate of drug-likeness (QED) is 0.683. The van der Waals surface area contributed by atoms with E-state index in [1.807, 2.05) is 32.9 Å². The number of piperidine rings is 1. The molecular formula is C24H31ClN2O2. The van der Waals surface area contributed by atoms with Crippen LogP contribution >= 0.6 is 11.6 Å². The van der Waals surface area contributed by atoms with Gasteiger partial charge in [0, 0.05) is 23.8 Å². The Morgan fingerprint density at radius 3 is 2.52 bits per heavy atom. The molecule has 3 rings (SSSR count). The van der Waals surface area contributed by atoms with E-state index >= 15 is 0 Å². The monoisotopic (exact) mass is 414 g/mol. The molecular weight excluding hydrogens is 384 g/mol. The second-order valence-electron chi connectivity index (χ2n) is 8.23. The lowest BCUT2D eigenvalue weighted by molar-refractivity contribution is -0.123. The van der Waals surface area contributed by atoms with E-state index in [1.165, 1.54) is 18.5 Å². The van der Waals surface area contributed by atoms with Crippen LogP contribution in [0.15, 0.2) is 36.4 Å². The fourth-order valence-electron chi connectivity index (χ4n) is 3.90. The molecule has 0 saturated carbocycles. The molecule has 1 heterocycles. The van der Waals surface area contributed by atoms with E-state index in [2.05, 4.69) is 41.4 Å². The molecule has 1 aliphatic rings. The van der Waals surface area contributed by atoms with E-state index in [9.17, 15) is 4.79 Å². The van der Waals surface area contributed by atoms with Gasteiger partial charge in [0.1, 0.15) is 5.75 Å². The summed E-state index contributed by atoms with van der Waals surface area (Å²) in [5.74, 6) is 1.26. The summed E-state index contributed by atoms with van der Waals surface area (Å²) in [5.41, 5.74) is 4.23. The maximum Gasteiger partial charge on any atom is 0.258 e. The lowest BCUT2D eigenvalue weighted by atomic mass is 9.99. The Hall–Kier alpha value is -2.20. The van der Waals surface area contributed by atoms with Crippen molar-refractivity contribution in [2.45, 2.75) is 46.6 Å². The third-order valence-electron chi connectivity index (χ3n) is 5.57. The predicted octanol–water partition coefficient (Wildman–Crippen LogP) is 5.45. The Morgan fingerprint density at radius 2 is 1.90 bits per heavy atom. The zero-order chi connectivity index (χ0) is 21.0. The molecule has 0 radical (unpaired) electrons. The van der Waals surface area contributed by atoms with Crippen molar-refractivity contribution < 1.29 is 9.53 Å². The van der Waals surface area contributed by atoms with Crippen molar-refractivity contribution in [1.29, 1.82) is 0 Å². The Kier molecular flexibility index (Phi) is 7.07. The van der Waals surface area contributed by atoms with Gasteiger partial charge < -0.3 is 15.0 Å². The minimum absolute atomic E-state index is 0.0192. The predicted molar refractivity (Wildman–Crippen MR) is 120 cm³/mol. The summed E-state index contributed by atoms with van der Waals surface area (Å²) in [4.78, 5) is 14.8. The molecule has 1 fully saturated rings. The van der Waals surface area contributed by atoms with Crippen LogP contribution in [0.5, 0.6) is 5.75 Å². The van der Waals surface area contributed by atoms with E-state index in [0.717, 1.165) is 40.7 Å². The third kappa shape index (κ3) is 5.66. The van der Waals surface area contributed by atoms with Gasteiger partial charge in [0.05, 0.1) is 6.04 Å². The number of hydrogen-bond donors (Lipinski definition) is 1. The molecule has 0 unspecified atom stereocenters. The van der Waals surface area contributed by atoms with Gasteiger partial charge in [0.2, 0.25) is 0 Å². The summed E-state index contributed by atoms with van der Waals surface area (Å²) >= 11 is 6.18. The first-order chi connectivity index (χ1) is 13.8. The summed E-state index contributed by atoms with van der Waals surface area (Å²) in [5, 5.41) is 3.74. The van der Waals surface area contributed by atoms with Gasteiger partial charge in [-0.25, -0.2) is 0 Å². The molecule has 2 atom stereocenters. The number of anilines is 1. The standard InChI is InChI=1S/C24H31ClN2O2/c1-16-6-5-11-27(14-16)21-9-7-20(8-10-21)19(4)26-23(28)15-29-22-12-17(2)24(25)18(3)13-22/h7-10,12-13,16,19H,5-6,11,14-15H2,1-4H3,(H,26,28)/t16-,19+/m0/s1. The normalized spacial score (nSPS) is 17.7. The number of aryl methyl sites for hydroxylation is 2. The van der Waals surface area contributed by atoms with Crippen molar-refractivity contribution in [1.82, 2.24) is 5.32 Å². The number of rotatable bonds is 6. The van der Waals surface area contributed by atoms with E-state index in [-0.39, 0.29) is 18.6 Å². The second-order valence-corrected chi connectivity index (χ2v) is 8.61. The minimum Gasteiger partial charge on any atom is -0.484 e. The van der Waals surface area contributed by atoms with Crippen LogP contribution in [-0.2, 0) is 4.79 Å². The first-order valence-electron chi connectivity index (χ1n) is 10.4. The number of benzene rings is 2. The van der Waals surface area contributed by atoms with Gasteiger partial charge in [-0.05, 0) is 80.5 Å². The highest BCUT2D eigenvalue weighted by Crippen LogP contribution is 2.26. The second kappa shape index (κ2) is 9.53. The lowest BCUT2D eigenvalue weighted by Gasteiger charge is -2.33. The number of carbonyl (C=O) groups is 1. The molecule has 1 amide bonds. The van der Waals surface area contributed by atoms with Crippen LogP contribution in [0.25, 0.3) is 0 Å². The number of hydrogen-bond acceptors (Lipinski definition) is 3. The lowest BCUT2D eigenvalue weighted by Crippen LogP contribution is -2.34. The third-order valence-corrected chi connectivity index (χ3v) is 6.17. The first-order valence-corrected chi connectivity index (χ1v) is 10.7. The number of ether oxygens (including phenoxy) is 1. The number of nitrogens with one attached hydrogen (secondary N) is 1. The van der Waals surface area contributed by atoms with E-state index < -0.39 is 0 Å². The smallest absolute Gasteiger partial charge is 0.258 e. The average molecular weight is 415 g/mol. The van der Waals surface area contributed by atoms with E-state index in [4.69, 9.17) is 16.3 Å². The number of amides is 1. The van der Waals surface area contributed by atoms with Crippen molar-refractivity contribution in [3.8, 4) is 5.75 Å². The number of halogens is 1. The molecule has 2 aromatic carbocycles. The maximum absolute atomic E-state index is 12.3. The van der Waals surface area contributed by atoms with Crippen molar-refractivity contribution in [3.63, 3.8) is 0 Å². The highest BCUT2D eigenvalue weighted by atomic mass is 35.5. The van der Waals surface area contributed by atoms with Gasteiger partial charge in [-0.1, -0.05) is 30.7 Å². The molecule has 1 aliphatic heterocycles. The first kappa shape index (κ1) is 21.5. The number of nitrogens with zero attached hydrogens (tertiary/aromatic N) is 1. The van der Waals surface area contributed by atoms with E-state index in [0.29, 0.717) is 5.75 Å². The summed E-state index contributed by atoms with van der Waals surface area (Å²) in [6, 6.07) is 12.2. The highest BCUT2D eigenvalue weighted by molar-refractivity contribution is 6.32. The van der Waals surface area contributed by atoms with Crippen LogP contribution < -0.4 is 15.0 Å². The van der Waals surface area contributed by atoms with Gasteiger partial charge in [0.15, 0.2) is 6.61 Å². The Bertz CT molecular complexity index is 827. The molecule has 0 bridgehead atoms. The van der Waals surface area contributed by atoms with Gasteiger partial charge in [0.25, 0.3) is 5.91 Å².